The third kappa shape index (κ3) is 5.38. The van der Waals surface area contributed by atoms with Crippen molar-refractivity contribution in [1.29, 1.82) is 0 Å². The summed E-state index contributed by atoms with van der Waals surface area (Å²) in [5, 5.41) is 4.34. The van der Waals surface area contributed by atoms with Gasteiger partial charge in [-0.15, -0.1) is 5.10 Å². The van der Waals surface area contributed by atoms with E-state index in [4.69, 9.17) is 26.1 Å². The minimum Gasteiger partial charge on any atom is -0.497 e. The molecule has 0 bridgehead atoms. The number of nitrogens with zero attached hydrogens (tertiary/aromatic N) is 3. The molecule has 0 aliphatic carbocycles. The Kier molecular flexibility index (Phi) is 6.20. The Morgan fingerprint density at radius 2 is 1.93 bits per heavy atom. The van der Waals surface area contributed by atoms with Gasteiger partial charge in [0.1, 0.15) is 17.3 Å². The van der Waals surface area contributed by atoms with E-state index in [-0.39, 0.29) is 17.3 Å². The first-order valence-electron chi connectivity index (χ1n) is 8.30. The number of rotatable bonds is 8. The smallest absolute Gasteiger partial charge is 0.288 e. The molecule has 0 saturated carbocycles. The lowest BCUT2D eigenvalue weighted by Gasteiger charge is -2.15. The Bertz CT molecular complexity index is 940. The molecule has 27 heavy (non-hydrogen) atoms. The van der Waals surface area contributed by atoms with Crippen LogP contribution in [0.15, 0.2) is 52.9 Å². The highest BCUT2D eigenvalue weighted by Gasteiger charge is 2.09. The maximum Gasteiger partial charge on any atom is 0.288 e. The Labute approximate surface area is 161 Å². The zero-order chi connectivity index (χ0) is 19.2. The fourth-order valence-corrected chi connectivity index (χ4v) is 2.73. The van der Waals surface area contributed by atoms with Gasteiger partial charge in [0, 0.05) is 6.54 Å². The maximum absolute atomic E-state index is 13.3. The highest BCUT2D eigenvalue weighted by molar-refractivity contribution is 7.71. The summed E-state index contributed by atoms with van der Waals surface area (Å²) < 4.78 is 31.1. The molecule has 0 saturated heterocycles. The SMILES string of the molecule is COc1ccc(OCc2nn(CN(C)Cc3cccc(F)c3)c(=S)o2)cc1. The van der Waals surface area contributed by atoms with Crippen LogP contribution in [0, 0.1) is 10.7 Å². The first kappa shape index (κ1) is 19.1. The topological polar surface area (TPSA) is 52.7 Å². The van der Waals surface area contributed by atoms with Crippen molar-refractivity contribution in [3.63, 3.8) is 0 Å². The number of benzene rings is 2. The van der Waals surface area contributed by atoms with Gasteiger partial charge in [0.2, 0.25) is 0 Å². The molecular formula is C19H20FN3O3S. The minimum atomic E-state index is -0.253. The standard InChI is InChI=1S/C19H20FN3O3S/c1-22(11-14-4-3-5-15(20)10-14)13-23-19(27)26-18(21-23)12-25-17-8-6-16(24-2)7-9-17/h3-10H,11-13H2,1-2H3. The van der Waals surface area contributed by atoms with Gasteiger partial charge in [0.25, 0.3) is 10.7 Å². The van der Waals surface area contributed by atoms with Crippen molar-refractivity contribution < 1.29 is 18.3 Å². The highest BCUT2D eigenvalue weighted by atomic mass is 32.1. The molecule has 2 aromatic carbocycles. The second kappa shape index (κ2) is 8.79. The lowest BCUT2D eigenvalue weighted by molar-refractivity contribution is 0.240. The summed E-state index contributed by atoms with van der Waals surface area (Å²) in [5.41, 5.74) is 0.871. The van der Waals surface area contributed by atoms with E-state index in [9.17, 15) is 4.39 Å². The van der Waals surface area contributed by atoms with Gasteiger partial charge in [-0.25, -0.2) is 9.07 Å². The van der Waals surface area contributed by atoms with Gasteiger partial charge in [-0.1, -0.05) is 12.1 Å². The van der Waals surface area contributed by atoms with Crippen molar-refractivity contribution in [2.45, 2.75) is 19.8 Å². The third-order valence-corrected chi connectivity index (χ3v) is 4.08. The number of methoxy groups -OCH3 is 1. The largest absolute Gasteiger partial charge is 0.497 e. The molecule has 3 aromatic rings. The summed E-state index contributed by atoms with van der Waals surface area (Å²) in [4.78, 5) is 2.22. The van der Waals surface area contributed by atoms with Crippen molar-refractivity contribution in [3.8, 4) is 11.5 Å². The second-order valence-corrected chi connectivity index (χ2v) is 6.36. The van der Waals surface area contributed by atoms with Crippen molar-refractivity contribution >= 4 is 12.2 Å². The van der Waals surface area contributed by atoms with Crippen LogP contribution in [0.4, 0.5) is 4.39 Å². The predicted octanol–water partition coefficient (Wildman–Crippen LogP) is 4.02. The van der Waals surface area contributed by atoms with Crippen molar-refractivity contribution in [2.24, 2.45) is 0 Å². The zero-order valence-electron chi connectivity index (χ0n) is 15.1. The summed E-state index contributed by atoms with van der Waals surface area (Å²) in [6, 6.07) is 13.7. The van der Waals surface area contributed by atoms with E-state index in [2.05, 4.69) is 5.10 Å². The Morgan fingerprint density at radius 1 is 1.19 bits per heavy atom. The van der Waals surface area contributed by atoms with Gasteiger partial charge in [-0.3, -0.25) is 4.90 Å². The van der Waals surface area contributed by atoms with Gasteiger partial charge < -0.3 is 13.9 Å². The number of hydrogen-bond acceptors (Lipinski definition) is 6. The summed E-state index contributed by atoms with van der Waals surface area (Å²) in [6.45, 7) is 1.14. The van der Waals surface area contributed by atoms with E-state index in [1.165, 1.54) is 12.1 Å². The highest BCUT2D eigenvalue weighted by Crippen LogP contribution is 2.18. The molecule has 0 unspecified atom stereocenters. The lowest BCUT2D eigenvalue weighted by Crippen LogP contribution is -2.22. The number of aromatic nitrogens is 2. The molecule has 0 radical (unpaired) electrons. The van der Waals surface area contributed by atoms with Gasteiger partial charge >= 0.3 is 0 Å². The van der Waals surface area contributed by atoms with Crippen LogP contribution in [0.2, 0.25) is 0 Å². The van der Waals surface area contributed by atoms with Gasteiger partial charge in [0.05, 0.1) is 13.8 Å². The molecule has 8 heteroatoms. The summed E-state index contributed by atoms with van der Waals surface area (Å²) >= 11 is 5.22. The third-order valence-electron chi connectivity index (χ3n) is 3.79. The van der Waals surface area contributed by atoms with E-state index in [0.717, 1.165) is 11.3 Å². The number of hydrogen-bond donors (Lipinski definition) is 0. The normalized spacial score (nSPS) is 11.0. The fourth-order valence-electron chi connectivity index (χ4n) is 2.54. The van der Waals surface area contributed by atoms with E-state index >= 15 is 0 Å². The first-order valence-corrected chi connectivity index (χ1v) is 8.71. The molecule has 3 rings (SSSR count). The zero-order valence-corrected chi connectivity index (χ0v) is 15.9. The van der Waals surface area contributed by atoms with Crippen LogP contribution in [0.3, 0.4) is 0 Å². The molecule has 0 aliphatic heterocycles. The molecule has 142 valence electrons. The van der Waals surface area contributed by atoms with Crippen LogP contribution < -0.4 is 9.47 Å². The molecule has 0 amide bonds. The molecule has 1 heterocycles. The Hall–Kier alpha value is -2.71. The van der Waals surface area contributed by atoms with Crippen LogP contribution >= 0.6 is 12.2 Å². The lowest BCUT2D eigenvalue weighted by atomic mass is 10.2. The molecule has 0 atom stereocenters. The van der Waals surface area contributed by atoms with Crippen LogP contribution in [-0.4, -0.2) is 28.8 Å². The maximum atomic E-state index is 13.3. The van der Waals surface area contributed by atoms with Gasteiger partial charge in [0.15, 0.2) is 6.61 Å². The molecule has 1 aromatic heterocycles. The first-order chi connectivity index (χ1) is 13.0. The minimum absolute atomic E-state index is 0.163. The Balaban J connectivity index is 1.57. The molecule has 0 spiro atoms. The van der Waals surface area contributed by atoms with E-state index < -0.39 is 0 Å². The quantitative estimate of drug-likeness (QED) is 0.543. The average Bonchev–Trinajstić information content (AvgIpc) is 3.00. The van der Waals surface area contributed by atoms with Crippen molar-refractivity contribution in [1.82, 2.24) is 14.7 Å². The fraction of sp³-hybridized carbons (Fsp3) is 0.263. The number of ether oxygens (including phenoxy) is 2. The van der Waals surface area contributed by atoms with Gasteiger partial charge in [-0.2, -0.15) is 0 Å². The summed E-state index contributed by atoms with van der Waals surface area (Å²) in [5.74, 6) is 1.56. The van der Waals surface area contributed by atoms with Crippen LogP contribution in [0.1, 0.15) is 11.5 Å². The van der Waals surface area contributed by atoms with Crippen LogP contribution in [0.25, 0.3) is 0 Å². The molecule has 0 fully saturated rings. The molecule has 6 nitrogen and oxygen atoms in total. The molecular weight excluding hydrogens is 369 g/mol. The van der Waals surface area contributed by atoms with E-state index in [1.807, 2.05) is 30.1 Å². The van der Waals surface area contributed by atoms with Crippen LogP contribution in [-0.2, 0) is 19.8 Å². The Morgan fingerprint density at radius 3 is 2.63 bits per heavy atom. The second-order valence-electron chi connectivity index (χ2n) is 6.01. The molecule has 0 N–H and O–H groups in total. The average molecular weight is 389 g/mol. The van der Waals surface area contributed by atoms with Crippen molar-refractivity contribution in [2.75, 3.05) is 14.2 Å². The summed E-state index contributed by atoms with van der Waals surface area (Å²) in [6.07, 6.45) is 0. The van der Waals surface area contributed by atoms with Crippen LogP contribution in [0.5, 0.6) is 11.5 Å². The number of halogens is 1. The predicted molar refractivity (Wildman–Crippen MR) is 101 cm³/mol. The monoisotopic (exact) mass is 389 g/mol. The van der Waals surface area contributed by atoms with Crippen molar-refractivity contribution in [3.05, 3.63) is 70.6 Å². The van der Waals surface area contributed by atoms with E-state index in [0.29, 0.717) is 24.9 Å². The van der Waals surface area contributed by atoms with E-state index in [1.54, 1.807) is 30.0 Å². The molecule has 0 aliphatic rings. The van der Waals surface area contributed by atoms with Gasteiger partial charge in [-0.05, 0) is 61.2 Å². The summed E-state index contributed by atoms with van der Waals surface area (Å²) in [7, 11) is 3.51.